The molecule has 8 amide bonds. The third-order valence-electron chi connectivity index (χ3n) is 13.0. The van der Waals surface area contributed by atoms with E-state index in [1.165, 1.54) is 26.2 Å². The number of carboxylic acid groups (broad SMARTS) is 1. The Bertz CT molecular complexity index is 2630. The predicted octanol–water partition coefficient (Wildman–Crippen LogP) is 4.27. The minimum absolute atomic E-state index is 0.00950. The van der Waals surface area contributed by atoms with Crippen molar-refractivity contribution in [2.75, 3.05) is 39.3 Å². The van der Waals surface area contributed by atoms with E-state index in [4.69, 9.17) is 24.1 Å². The third kappa shape index (κ3) is 16.0. The van der Waals surface area contributed by atoms with E-state index < -0.39 is 29.9 Å². The number of nitrogens with zero attached hydrogens (tertiary/aromatic N) is 3. The van der Waals surface area contributed by atoms with Crippen LogP contribution >= 0.6 is 0 Å². The molecule has 21 heteroatoms. The van der Waals surface area contributed by atoms with E-state index in [2.05, 4.69) is 21.3 Å². The highest BCUT2D eigenvalue weighted by molar-refractivity contribution is 6.12. The first-order valence-electron chi connectivity index (χ1n) is 25.1. The molecule has 402 valence electrons. The molecule has 0 aliphatic carbocycles. The van der Waals surface area contributed by atoms with Crippen molar-refractivity contribution in [3.8, 4) is 23.0 Å². The van der Waals surface area contributed by atoms with Crippen LogP contribution in [-0.4, -0.2) is 119 Å². The number of hydrogen-bond donors (Lipinski definition) is 5. The fourth-order valence-corrected chi connectivity index (χ4v) is 8.66. The fourth-order valence-electron chi connectivity index (χ4n) is 8.66. The zero-order chi connectivity index (χ0) is 54.2. The van der Waals surface area contributed by atoms with Crippen LogP contribution in [0, 0.1) is 5.92 Å². The number of carbonyl (C=O) groups excluding carboxylic acids is 8. The van der Waals surface area contributed by atoms with E-state index in [1.54, 1.807) is 55.0 Å². The fraction of sp³-hybridized carbons (Fsp3) is 0.463. The number of carboxylic acids is 1. The molecular weight excluding hydrogens is 971 g/mol. The second-order valence-electron chi connectivity index (χ2n) is 18.9. The lowest BCUT2D eigenvalue weighted by molar-refractivity contribution is -0.141. The summed E-state index contributed by atoms with van der Waals surface area (Å²) >= 11 is 0. The van der Waals surface area contributed by atoms with Crippen LogP contribution in [0.25, 0.3) is 0 Å². The van der Waals surface area contributed by atoms with Crippen LogP contribution in [0.1, 0.15) is 106 Å². The molecule has 0 fully saturated rings. The Morgan fingerprint density at radius 1 is 0.600 bits per heavy atom. The second kappa shape index (κ2) is 26.8. The lowest BCUT2D eigenvalue weighted by atomic mass is 10.0. The molecule has 3 aliphatic heterocycles. The first-order chi connectivity index (χ1) is 35.9. The largest absolute Gasteiger partial charge is 0.493 e. The summed E-state index contributed by atoms with van der Waals surface area (Å²) in [6.45, 7) is 7.63. The molecule has 0 aromatic heterocycles. The van der Waals surface area contributed by atoms with Crippen LogP contribution in [0.4, 0.5) is 5.69 Å². The van der Waals surface area contributed by atoms with Gasteiger partial charge in [0.1, 0.15) is 12.1 Å². The SMILES string of the molecule is COc1cc2c(cc1OCCCOc1cc3c(cc1OC)CN(C(=O)CCC(=O)NCc1ccc(NC(=O)[C@H](C)NC(=O)[C@@H](NC(=O)CCCCCN4C(=O)C=CC4=O)C(C)C)cc1)C3)CN(C(=O)CCC(=O)O)C2. The molecule has 2 atom stereocenters. The quantitative estimate of drug-likeness (QED) is 0.0503. The van der Waals surface area contributed by atoms with Gasteiger partial charge in [-0.25, -0.2) is 0 Å². The highest BCUT2D eigenvalue weighted by Crippen LogP contribution is 2.37. The van der Waals surface area contributed by atoms with Crippen LogP contribution in [0.2, 0.25) is 0 Å². The van der Waals surface area contributed by atoms with Gasteiger partial charge in [-0.2, -0.15) is 0 Å². The van der Waals surface area contributed by atoms with Crippen LogP contribution < -0.4 is 40.2 Å². The van der Waals surface area contributed by atoms with E-state index in [0.717, 1.165) is 32.7 Å². The first-order valence-corrected chi connectivity index (χ1v) is 25.1. The maximum atomic E-state index is 13.3. The minimum atomic E-state index is -1.02. The van der Waals surface area contributed by atoms with Gasteiger partial charge in [0.15, 0.2) is 23.0 Å². The number of hydrogen-bond acceptors (Lipinski definition) is 13. The molecule has 0 unspecified atom stereocenters. The Balaban J connectivity index is 0.860. The number of carbonyl (C=O) groups is 9. The van der Waals surface area contributed by atoms with Crippen LogP contribution in [0.5, 0.6) is 23.0 Å². The third-order valence-corrected chi connectivity index (χ3v) is 13.0. The number of ether oxygens (including phenoxy) is 4. The molecular formula is C54H67N7O14. The number of nitrogens with one attached hydrogen (secondary N) is 4. The first kappa shape index (κ1) is 56.3. The van der Waals surface area contributed by atoms with Crippen molar-refractivity contribution in [2.45, 2.75) is 123 Å². The number of unbranched alkanes of at least 4 members (excludes halogenated alkanes) is 2. The number of methoxy groups -OCH3 is 2. The van der Waals surface area contributed by atoms with Crippen LogP contribution in [-0.2, 0) is 75.9 Å². The number of imide groups is 1. The maximum absolute atomic E-state index is 13.3. The molecule has 0 radical (unpaired) electrons. The van der Waals surface area contributed by atoms with Crippen LogP contribution in [0.3, 0.4) is 0 Å². The molecule has 6 rings (SSSR count). The van der Waals surface area contributed by atoms with Gasteiger partial charge in [-0.05, 0) is 89.9 Å². The van der Waals surface area contributed by atoms with Crippen molar-refractivity contribution >= 4 is 58.9 Å². The molecule has 0 saturated heterocycles. The molecule has 0 saturated carbocycles. The molecule has 3 aromatic carbocycles. The summed E-state index contributed by atoms with van der Waals surface area (Å²) in [5.74, 6) is -1.87. The lowest BCUT2D eigenvalue weighted by Gasteiger charge is -2.24. The molecule has 5 N–H and O–H groups in total. The summed E-state index contributed by atoms with van der Waals surface area (Å²) in [5.41, 5.74) is 4.87. The minimum Gasteiger partial charge on any atom is -0.493 e. The predicted molar refractivity (Wildman–Crippen MR) is 272 cm³/mol. The Morgan fingerprint density at radius 2 is 1.12 bits per heavy atom. The van der Waals surface area contributed by atoms with Gasteiger partial charge >= 0.3 is 5.97 Å². The molecule has 0 bridgehead atoms. The summed E-state index contributed by atoms with van der Waals surface area (Å²) in [5, 5.41) is 20.0. The number of aliphatic carboxylic acids is 1. The zero-order valence-electron chi connectivity index (χ0n) is 43.1. The average molecular weight is 1040 g/mol. The van der Waals surface area contributed by atoms with E-state index in [1.807, 2.05) is 24.3 Å². The highest BCUT2D eigenvalue weighted by Gasteiger charge is 2.30. The number of benzene rings is 3. The summed E-state index contributed by atoms with van der Waals surface area (Å²) < 4.78 is 23.3. The van der Waals surface area contributed by atoms with Crippen molar-refractivity contribution in [3.05, 3.63) is 88.5 Å². The zero-order valence-corrected chi connectivity index (χ0v) is 43.1. The summed E-state index contributed by atoms with van der Waals surface area (Å²) in [4.78, 5) is 116. The van der Waals surface area contributed by atoms with Crippen LogP contribution in [0.15, 0.2) is 60.7 Å². The number of amides is 8. The second-order valence-corrected chi connectivity index (χ2v) is 18.9. The smallest absolute Gasteiger partial charge is 0.303 e. The van der Waals surface area contributed by atoms with E-state index >= 15 is 0 Å². The maximum Gasteiger partial charge on any atom is 0.303 e. The standard InChI is InChI=1S/C54H67N7O14/c1-33(2)52(58-46(63)10-7-6-8-21-61-49(66)17-18-50(61)67)54(71)56-34(3)53(70)57-40-13-11-35(12-14-40)28-55-45(62)15-16-47(64)59-29-36-24-41(72-4)43(26-38(36)31-59)74-22-9-23-75-44-27-39-32-60(48(65)19-20-51(68)69)30-37(39)25-42(44)73-5/h11-14,17-18,24-27,33-34,52H,6-10,15-16,19-23,28-32H2,1-5H3,(H,55,62)(H,56,71)(H,57,70)(H,58,63)(H,68,69)/t34-,52-/m0/s1. The summed E-state index contributed by atoms with van der Waals surface area (Å²) in [7, 11) is 3.08. The number of fused-ring (bicyclic) bond motifs is 2. The van der Waals surface area contributed by atoms with E-state index in [-0.39, 0.29) is 86.6 Å². The van der Waals surface area contributed by atoms with Crippen molar-refractivity contribution in [3.63, 3.8) is 0 Å². The van der Waals surface area contributed by atoms with Crippen molar-refractivity contribution in [1.29, 1.82) is 0 Å². The van der Waals surface area contributed by atoms with E-state index in [0.29, 0.717) is 93.8 Å². The highest BCUT2D eigenvalue weighted by atomic mass is 16.5. The van der Waals surface area contributed by atoms with Gasteiger partial charge in [0.05, 0.1) is 33.9 Å². The van der Waals surface area contributed by atoms with Crippen molar-refractivity contribution < 1.29 is 67.2 Å². The molecule has 21 nitrogen and oxygen atoms in total. The van der Waals surface area contributed by atoms with Gasteiger partial charge in [-0.3, -0.25) is 48.1 Å². The van der Waals surface area contributed by atoms with Gasteiger partial charge in [0, 0.05) is 89.2 Å². The van der Waals surface area contributed by atoms with Gasteiger partial charge in [0.25, 0.3) is 11.8 Å². The van der Waals surface area contributed by atoms with Gasteiger partial charge < -0.3 is 55.1 Å². The molecule has 3 aliphatic rings. The Morgan fingerprint density at radius 3 is 1.63 bits per heavy atom. The Labute approximate surface area is 435 Å². The summed E-state index contributed by atoms with van der Waals surface area (Å²) in [6, 6.07) is 12.4. The Kier molecular flexibility index (Phi) is 20.1. The number of anilines is 1. The monoisotopic (exact) mass is 1040 g/mol. The van der Waals surface area contributed by atoms with Gasteiger partial charge in [-0.1, -0.05) is 32.4 Å². The molecule has 3 aromatic rings. The summed E-state index contributed by atoms with van der Waals surface area (Å²) in [6.07, 6.45) is 4.52. The number of rotatable bonds is 28. The van der Waals surface area contributed by atoms with Crippen molar-refractivity contribution in [2.24, 2.45) is 5.92 Å². The normalized spacial score (nSPS) is 14.2. The molecule has 3 heterocycles. The average Bonchev–Trinajstić information content (AvgIpc) is 4.10. The van der Waals surface area contributed by atoms with Gasteiger partial charge in [-0.15, -0.1) is 0 Å². The molecule has 0 spiro atoms. The van der Waals surface area contributed by atoms with E-state index in [9.17, 15) is 43.2 Å². The Hall–Kier alpha value is -7.97. The van der Waals surface area contributed by atoms with Gasteiger partial charge in [0.2, 0.25) is 35.4 Å². The molecule has 75 heavy (non-hydrogen) atoms. The van der Waals surface area contributed by atoms with Crippen molar-refractivity contribution in [1.82, 2.24) is 30.7 Å². The topological polar surface area (TPSA) is 269 Å². The lowest BCUT2D eigenvalue weighted by Crippen LogP contribution is -2.53.